The Bertz CT molecular complexity index is 326. The molecule has 2 N–H and O–H groups in total. The van der Waals surface area contributed by atoms with E-state index in [2.05, 4.69) is 4.84 Å². The number of esters is 1. The lowest BCUT2D eigenvalue weighted by atomic mass is 9.83. The minimum atomic E-state index is -0.856. The van der Waals surface area contributed by atoms with Gasteiger partial charge in [-0.3, -0.25) is 4.79 Å². The van der Waals surface area contributed by atoms with Crippen molar-refractivity contribution in [3.05, 3.63) is 35.9 Å². The first-order valence-corrected chi connectivity index (χ1v) is 4.61. The Kier molecular flexibility index (Phi) is 3.82. The monoisotopic (exact) mass is 209 g/mol. The molecule has 0 heterocycles. The molecular formula is C11H15NO3. The molecular weight excluding hydrogens is 194 g/mol. The van der Waals surface area contributed by atoms with Crippen LogP contribution in [0.4, 0.5) is 0 Å². The zero-order valence-corrected chi connectivity index (χ0v) is 8.90. The molecule has 82 valence electrons. The van der Waals surface area contributed by atoms with Crippen LogP contribution < -0.4 is 5.90 Å². The molecule has 1 aromatic rings. The fraction of sp³-hybridized carbons (Fsp3) is 0.364. The van der Waals surface area contributed by atoms with Gasteiger partial charge in [-0.2, -0.15) is 0 Å². The van der Waals surface area contributed by atoms with E-state index in [1.807, 2.05) is 30.3 Å². The SMILES string of the molecule is COC(=O)C(C)(CON)c1ccccc1. The van der Waals surface area contributed by atoms with Crippen molar-refractivity contribution in [1.82, 2.24) is 0 Å². The molecule has 4 nitrogen and oxygen atoms in total. The van der Waals surface area contributed by atoms with Crippen molar-refractivity contribution < 1.29 is 14.4 Å². The molecule has 15 heavy (non-hydrogen) atoms. The predicted octanol–water partition coefficient (Wildman–Crippen LogP) is 1.01. The van der Waals surface area contributed by atoms with Crippen molar-refractivity contribution in [2.45, 2.75) is 12.3 Å². The van der Waals surface area contributed by atoms with E-state index < -0.39 is 5.41 Å². The molecule has 0 aromatic heterocycles. The number of ether oxygens (including phenoxy) is 1. The normalized spacial score (nSPS) is 14.3. The zero-order chi connectivity index (χ0) is 11.3. The van der Waals surface area contributed by atoms with Crippen molar-refractivity contribution in [3.8, 4) is 0 Å². The topological polar surface area (TPSA) is 61.5 Å². The molecule has 0 aliphatic rings. The molecule has 0 aliphatic carbocycles. The lowest BCUT2D eigenvalue weighted by molar-refractivity contribution is -0.149. The smallest absolute Gasteiger partial charge is 0.318 e. The number of carbonyl (C=O) groups excluding carboxylic acids is 1. The molecule has 0 radical (unpaired) electrons. The number of hydrogen-bond acceptors (Lipinski definition) is 4. The molecule has 1 aromatic carbocycles. The highest BCUT2D eigenvalue weighted by Gasteiger charge is 2.36. The van der Waals surface area contributed by atoms with E-state index in [0.29, 0.717) is 0 Å². The largest absolute Gasteiger partial charge is 0.468 e. The summed E-state index contributed by atoms with van der Waals surface area (Å²) in [7, 11) is 1.35. The van der Waals surface area contributed by atoms with Crippen LogP contribution in [0.1, 0.15) is 12.5 Å². The first-order valence-electron chi connectivity index (χ1n) is 4.61. The van der Waals surface area contributed by atoms with Crippen LogP contribution in [0.3, 0.4) is 0 Å². The maximum absolute atomic E-state index is 11.7. The second kappa shape index (κ2) is 4.91. The molecule has 1 atom stereocenters. The summed E-state index contributed by atoms with van der Waals surface area (Å²) in [5.74, 6) is 4.67. The molecule has 0 aliphatic heterocycles. The number of carbonyl (C=O) groups is 1. The second-order valence-electron chi connectivity index (χ2n) is 3.50. The standard InChI is InChI=1S/C11H15NO3/c1-11(8-15-12,10(13)14-2)9-6-4-3-5-7-9/h3-7H,8,12H2,1-2H3. The van der Waals surface area contributed by atoms with Gasteiger partial charge < -0.3 is 9.57 Å². The van der Waals surface area contributed by atoms with Crippen molar-refractivity contribution >= 4 is 5.97 Å². The summed E-state index contributed by atoms with van der Waals surface area (Å²) in [6.45, 7) is 1.82. The van der Waals surface area contributed by atoms with Crippen LogP contribution in [0.2, 0.25) is 0 Å². The summed E-state index contributed by atoms with van der Waals surface area (Å²) in [5, 5.41) is 0. The third-order valence-electron chi connectivity index (χ3n) is 2.42. The number of benzene rings is 1. The van der Waals surface area contributed by atoms with Gasteiger partial charge in [0.1, 0.15) is 5.41 Å². The Labute approximate surface area is 88.9 Å². The van der Waals surface area contributed by atoms with Crippen LogP contribution in [0.5, 0.6) is 0 Å². The molecule has 0 saturated heterocycles. The molecule has 1 unspecified atom stereocenters. The van der Waals surface area contributed by atoms with Crippen molar-refractivity contribution in [3.63, 3.8) is 0 Å². The lowest BCUT2D eigenvalue weighted by Gasteiger charge is -2.25. The zero-order valence-electron chi connectivity index (χ0n) is 8.90. The second-order valence-corrected chi connectivity index (χ2v) is 3.50. The van der Waals surface area contributed by atoms with Gasteiger partial charge in [-0.25, -0.2) is 5.90 Å². The summed E-state index contributed by atoms with van der Waals surface area (Å²) in [6, 6.07) is 9.27. The molecule has 1 rings (SSSR count). The van der Waals surface area contributed by atoms with Gasteiger partial charge >= 0.3 is 5.97 Å². The molecule has 0 saturated carbocycles. The van der Waals surface area contributed by atoms with Gasteiger partial charge in [-0.15, -0.1) is 0 Å². The van der Waals surface area contributed by atoms with Crippen molar-refractivity contribution in [2.24, 2.45) is 5.90 Å². The molecule has 0 bridgehead atoms. The van der Waals surface area contributed by atoms with Gasteiger partial charge in [0.05, 0.1) is 13.7 Å². The van der Waals surface area contributed by atoms with Gasteiger partial charge in [-0.05, 0) is 12.5 Å². The Morgan fingerprint density at radius 3 is 2.47 bits per heavy atom. The van der Waals surface area contributed by atoms with E-state index in [0.717, 1.165) is 5.56 Å². The summed E-state index contributed by atoms with van der Waals surface area (Å²) >= 11 is 0. The van der Waals surface area contributed by atoms with E-state index in [4.69, 9.17) is 10.6 Å². The first kappa shape index (κ1) is 11.7. The average molecular weight is 209 g/mol. The van der Waals surface area contributed by atoms with Crippen LogP contribution in [0.25, 0.3) is 0 Å². The molecule has 0 amide bonds. The molecule has 0 spiro atoms. The fourth-order valence-corrected chi connectivity index (χ4v) is 1.46. The van der Waals surface area contributed by atoms with E-state index in [9.17, 15) is 4.79 Å². The summed E-state index contributed by atoms with van der Waals surface area (Å²) in [6.07, 6.45) is 0. The predicted molar refractivity (Wildman–Crippen MR) is 55.9 cm³/mol. The van der Waals surface area contributed by atoms with E-state index in [1.165, 1.54) is 7.11 Å². The first-order chi connectivity index (χ1) is 7.15. The fourth-order valence-electron chi connectivity index (χ4n) is 1.46. The van der Waals surface area contributed by atoms with E-state index in [1.54, 1.807) is 6.92 Å². The summed E-state index contributed by atoms with van der Waals surface area (Å²) in [5.41, 5.74) is -0.0348. The quantitative estimate of drug-likeness (QED) is 0.593. The molecule has 0 fully saturated rings. The number of hydrogen-bond donors (Lipinski definition) is 1. The van der Waals surface area contributed by atoms with Crippen LogP contribution in [-0.4, -0.2) is 19.7 Å². The minimum Gasteiger partial charge on any atom is -0.468 e. The van der Waals surface area contributed by atoms with Crippen LogP contribution >= 0.6 is 0 Å². The van der Waals surface area contributed by atoms with Gasteiger partial charge in [0.2, 0.25) is 0 Å². The van der Waals surface area contributed by atoms with Crippen LogP contribution in [-0.2, 0) is 19.8 Å². The van der Waals surface area contributed by atoms with Gasteiger partial charge in [0, 0.05) is 0 Å². The maximum Gasteiger partial charge on any atom is 0.318 e. The third kappa shape index (κ3) is 2.34. The Hall–Kier alpha value is -1.39. The maximum atomic E-state index is 11.7. The average Bonchev–Trinajstić information content (AvgIpc) is 2.29. The van der Waals surface area contributed by atoms with E-state index >= 15 is 0 Å². The number of methoxy groups -OCH3 is 1. The van der Waals surface area contributed by atoms with Crippen LogP contribution in [0, 0.1) is 0 Å². The number of nitrogens with two attached hydrogens (primary N) is 1. The lowest BCUT2D eigenvalue weighted by Crippen LogP contribution is -2.39. The highest BCUT2D eigenvalue weighted by Crippen LogP contribution is 2.25. The molecule has 4 heteroatoms. The van der Waals surface area contributed by atoms with Crippen molar-refractivity contribution in [2.75, 3.05) is 13.7 Å². The van der Waals surface area contributed by atoms with E-state index in [-0.39, 0.29) is 12.6 Å². The highest BCUT2D eigenvalue weighted by molar-refractivity contribution is 5.82. The Morgan fingerprint density at radius 1 is 1.40 bits per heavy atom. The van der Waals surface area contributed by atoms with Crippen LogP contribution in [0.15, 0.2) is 30.3 Å². The van der Waals surface area contributed by atoms with Gasteiger partial charge in [0.25, 0.3) is 0 Å². The number of rotatable bonds is 4. The minimum absolute atomic E-state index is 0.0870. The summed E-state index contributed by atoms with van der Waals surface area (Å²) < 4.78 is 4.75. The summed E-state index contributed by atoms with van der Waals surface area (Å²) in [4.78, 5) is 16.2. The Morgan fingerprint density at radius 2 is 2.00 bits per heavy atom. The van der Waals surface area contributed by atoms with Gasteiger partial charge in [-0.1, -0.05) is 30.3 Å². The highest BCUT2D eigenvalue weighted by atomic mass is 16.6. The third-order valence-corrected chi connectivity index (χ3v) is 2.42. The van der Waals surface area contributed by atoms with Gasteiger partial charge in [0.15, 0.2) is 0 Å². The Balaban J connectivity index is 3.06. The van der Waals surface area contributed by atoms with Crippen molar-refractivity contribution in [1.29, 1.82) is 0 Å².